The van der Waals surface area contributed by atoms with Gasteiger partial charge in [0.05, 0.1) is 5.56 Å². The van der Waals surface area contributed by atoms with E-state index >= 15 is 0 Å². The van der Waals surface area contributed by atoms with Gasteiger partial charge in [-0.05, 0) is 42.8 Å². The molecule has 100 valence electrons. The van der Waals surface area contributed by atoms with Gasteiger partial charge in [0.1, 0.15) is 11.3 Å². The first-order chi connectivity index (χ1) is 9.56. The lowest BCUT2D eigenvalue weighted by Crippen LogP contribution is -2.00. The van der Waals surface area contributed by atoms with Gasteiger partial charge in [-0.25, -0.2) is 4.79 Å². The maximum atomic E-state index is 11.2. The topological polar surface area (TPSA) is 50.4 Å². The maximum Gasteiger partial charge on any atom is 0.335 e. The molecular formula is C16H11ClO3. The second-order valence-electron chi connectivity index (χ2n) is 4.58. The summed E-state index contributed by atoms with van der Waals surface area (Å²) in [6, 6.07) is 12.4. The Labute approximate surface area is 120 Å². The van der Waals surface area contributed by atoms with E-state index in [0.717, 1.165) is 16.5 Å². The van der Waals surface area contributed by atoms with Crippen molar-refractivity contribution in [2.75, 3.05) is 0 Å². The van der Waals surface area contributed by atoms with Gasteiger partial charge in [-0.2, -0.15) is 0 Å². The number of carbonyl (C=O) groups is 1. The number of carboxylic acids is 1. The van der Waals surface area contributed by atoms with Crippen LogP contribution in [0.3, 0.4) is 0 Å². The minimum atomic E-state index is -0.941. The molecule has 0 aliphatic rings. The number of rotatable bonds is 2. The van der Waals surface area contributed by atoms with Crippen LogP contribution in [-0.4, -0.2) is 11.1 Å². The molecular weight excluding hydrogens is 276 g/mol. The highest BCUT2D eigenvalue weighted by Crippen LogP contribution is 2.32. The van der Waals surface area contributed by atoms with Crippen LogP contribution in [0.1, 0.15) is 15.9 Å². The van der Waals surface area contributed by atoms with Crippen molar-refractivity contribution in [3.63, 3.8) is 0 Å². The Morgan fingerprint density at radius 3 is 2.75 bits per heavy atom. The van der Waals surface area contributed by atoms with E-state index in [1.165, 1.54) is 0 Å². The molecule has 0 amide bonds. The first-order valence-corrected chi connectivity index (χ1v) is 6.46. The van der Waals surface area contributed by atoms with Gasteiger partial charge < -0.3 is 9.52 Å². The highest BCUT2D eigenvalue weighted by molar-refractivity contribution is 6.31. The zero-order valence-corrected chi connectivity index (χ0v) is 11.4. The second-order valence-corrected chi connectivity index (χ2v) is 5.01. The Morgan fingerprint density at radius 2 is 2.00 bits per heavy atom. The molecule has 0 unspecified atom stereocenters. The van der Waals surface area contributed by atoms with Crippen molar-refractivity contribution in [2.45, 2.75) is 6.92 Å². The molecule has 0 aliphatic heterocycles. The van der Waals surface area contributed by atoms with Crippen LogP contribution in [-0.2, 0) is 0 Å². The molecule has 3 aromatic rings. The normalized spacial score (nSPS) is 10.9. The van der Waals surface area contributed by atoms with Gasteiger partial charge in [0.25, 0.3) is 0 Å². The van der Waals surface area contributed by atoms with E-state index in [0.29, 0.717) is 16.3 Å². The summed E-state index contributed by atoms with van der Waals surface area (Å²) in [6.45, 7) is 1.78. The van der Waals surface area contributed by atoms with E-state index in [-0.39, 0.29) is 5.56 Å². The number of aromatic carboxylic acids is 1. The number of benzene rings is 2. The van der Waals surface area contributed by atoms with Crippen molar-refractivity contribution >= 4 is 28.5 Å². The Morgan fingerprint density at radius 1 is 1.20 bits per heavy atom. The van der Waals surface area contributed by atoms with Gasteiger partial charge in [-0.1, -0.05) is 23.7 Å². The highest BCUT2D eigenvalue weighted by atomic mass is 35.5. The van der Waals surface area contributed by atoms with Crippen LogP contribution in [0.5, 0.6) is 0 Å². The van der Waals surface area contributed by atoms with Gasteiger partial charge in [0.15, 0.2) is 0 Å². The molecule has 1 N–H and O–H groups in total. The zero-order valence-electron chi connectivity index (χ0n) is 10.7. The van der Waals surface area contributed by atoms with E-state index in [2.05, 4.69) is 0 Å². The monoisotopic (exact) mass is 286 g/mol. The van der Waals surface area contributed by atoms with Crippen molar-refractivity contribution in [3.8, 4) is 11.3 Å². The fourth-order valence-corrected chi connectivity index (χ4v) is 2.46. The molecule has 0 bridgehead atoms. The first kappa shape index (κ1) is 12.8. The summed E-state index contributed by atoms with van der Waals surface area (Å²) in [6.07, 6.45) is 0. The minimum Gasteiger partial charge on any atom is -0.478 e. The summed E-state index contributed by atoms with van der Waals surface area (Å²) in [4.78, 5) is 11.2. The maximum absolute atomic E-state index is 11.2. The number of hydrogen-bond acceptors (Lipinski definition) is 2. The molecule has 4 heteroatoms. The predicted molar refractivity (Wildman–Crippen MR) is 78.4 cm³/mol. The summed E-state index contributed by atoms with van der Waals surface area (Å²) < 4.78 is 5.77. The summed E-state index contributed by atoms with van der Waals surface area (Å²) in [5.74, 6) is -0.300. The largest absolute Gasteiger partial charge is 0.478 e. The van der Waals surface area contributed by atoms with Gasteiger partial charge in [-0.3, -0.25) is 0 Å². The van der Waals surface area contributed by atoms with Crippen LogP contribution in [0.2, 0.25) is 5.02 Å². The summed E-state index contributed by atoms with van der Waals surface area (Å²) in [7, 11) is 0. The number of carboxylic acid groups (broad SMARTS) is 1. The number of fused-ring (bicyclic) bond motifs is 1. The smallest absolute Gasteiger partial charge is 0.335 e. The molecule has 2 aromatic carbocycles. The second kappa shape index (κ2) is 4.69. The van der Waals surface area contributed by atoms with Gasteiger partial charge >= 0.3 is 5.97 Å². The third-order valence-corrected chi connectivity index (χ3v) is 3.54. The molecule has 0 aliphatic carbocycles. The standard InChI is InChI=1S/C16H11ClO3/c1-9-12(3-2-4-13(9)16(18)19)15-8-10-7-11(17)5-6-14(10)20-15/h2-8H,1H3,(H,18,19). The fraction of sp³-hybridized carbons (Fsp3) is 0.0625. The van der Waals surface area contributed by atoms with E-state index in [4.69, 9.17) is 21.1 Å². The Hall–Kier alpha value is -2.26. The molecule has 0 saturated carbocycles. The van der Waals surface area contributed by atoms with Crippen LogP contribution in [0.15, 0.2) is 46.9 Å². The SMILES string of the molecule is Cc1c(C(=O)O)cccc1-c1cc2cc(Cl)ccc2o1. The lowest BCUT2D eigenvalue weighted by atomic mass is 10.0. The molecule has 1 aromatic heterocycles. The summed E-state index contributed by atoms with van der Waals surface area (Å²) >= 11 is 5.95. The van der Waals surface area contributed by atoms with Gasteiger partial charge in [-0.15, -0.1) is 0 Å². The Kier molecular flexibility index (Phi) is 2.99. The molecule has 20 heavy (non-hydrogen) atoms. The van der Waals surface area contributed by atoms with Crippen LogP contribution in [0, 0.1) is 6.92 Å². The molecule has 0 saturated heterocycles. The Balaban J connectivity index is 2.20. The van der Waals surface area contributed by atoms with E-state index < -0.39 is 5.97 Å². The van der Waals surface area contributed by atoms with Crippen LogP contribution in [0.4, 0.5) is 0 Å². The third kappa shape index (κ3) is 2.06. The molecule has 3 nitrogen and oxygen atoms in total. The molecule has 0 spiro atoms. The summed E-state index contributed by atoms with van der Waals surface area (Å²) in [5.41, 5.74) is 2.47. The number of halogens is 1. The van der Waals surface area contributed by atoms with Crippen molar-refractivity contribution in [2.24, 2.45) is 0 Å². The molecule has 0 radical (unpaired) electrons. The summed E-state index contributed by atoms with van der Waals surface area (Å²) in [5, 5.41) is 10.7. The van der Waals surface area contributed by atoms with Crippen molar-refractivity contribution in [1.82, 2.24) is 0 Å². The lowest BCUT2D eigenvalue weighted by Gasteiger charge is -2.05. The fourth-order valence-electron chi connectivity index (χ4n) is 2.28. The van der Waals surface area contributed by atoms with E-state index in [9.17, 15) is 4.79 Å². The van der Waals surface area contributed by atoms with Gasteiger partial charge in [0, 0.05) is 16.0 Å². The zero-order chi connectivity index (χ0) is 14.3. The van der Waals surface area contributed by atoms with Crippen LogP contribution in [0.25, 0.3) is 22.3 Å². The van der Waals surface area contributed by atoms with Crippen molar-refractivity contribution in [3.05, 3.63) is 58.6 Å². The predicted octanol–water partition coefficient (Wildman–Crippen LogP) is 4.76. The van der Waals surface area contributed by atoms with Crippen molar-refractivity contribution in [1.29, 1.82) is 0 Å². The number of hydrogen-bond donors (Lipinski definition) is 1. The molecule has 0 fully saturated rings. The average Bonchev–Trinajstić information content (AvgIpc) is 2.81. The van der Waals surface area contributed by atoms with Crippen LogP contribution >= 0.6 is 11.6 Å². The number of furan rings is 1. The first-order valence-electron chi connectivity index (χ1n) is 6.08. The molecule has 3 rings (SSSR count). The highest BCUT2D eigenvalue weighted by Gasteiger charge is 2.14. The third-order valence-electron chi connectivity index (χ3n) is 3.31. The van der Waals surface area contributed by atoms with Gasteiger partial charge in [0.2, 0.25) is 0 Å². The molecule has 1 heterocycles. The molecule has 0 atom stereocenters. The lowest BCUT2D eigenvalue weighted by molar-refractivity contribution is 0.0696. The van der Waals surface area contributed by atoms with Crippen LogP contribution < -0.4 is 0 Å². The van der Waals surface area contributed by atoms with E-state index in [1.54, 1.807) is 31.2 Å². The Bertz CT molecular complexity index is 818. The quantitative estimate of drug-likeness (QED) is 0.739. The minimum absolute atomic E-state index is 0.279. The van der Waals surface area contributed by atoms with E-state index in [1.807, 2.05) is 18.2 Å². The average molecular weight is 287 g/mol. The van der Waals surface area contributed by atoms with Crippen molar-refractivity contribution < 1.29 is 14.3 Å².